The van der Waals surface area contributed by atoms with Crippen LogP contribution in [0, 0.1) is 5.92 Å². The van der Waals surface area contributed by atoms with E-state index in [0.717, 1.165) is 51.5 Å². The molecule has 0 amide bonds. The molecule has 0 aliphatic heterocycles. The van der Waals surface area contributed by atoms with E-state index in [1.54, 1.807) is 0 Å². The maximum absolute atomic E-state index is 10.2. The first kappa shape index (κ1) is 30.6. The van der Waals surface area contributed by atoms with E-state index >= 15 is 0 Å². The summed E-state index contributed by atoms with van der Waals surface area (Å²) in [4.78, 5) is 0. The quantitative estimate of drug-likeness (QED) is 0.107. The zero-order chi connectivity index (χ0) is 23.0. The highest BCUT2D eigenvalue weighted by atomic mass is 16.3. The average Bonchev–Trinajstić information content (AvgIpc) is 2.73. The second kappa shape index (κ2) is 24.3. The zero-order valence-corrected chi connectivity index (χ0v) is 21.2. The Labute approximate surface area is 195 Å². The maximum Gasteiger partial charge on any atom is 0.0542 e. The van der Waals surface area contributed by atoms with Crippen molar-refractivity contribution in [2.24, 2.45) is 11.7 Å². The summed E-state index contributed by atoms with van der Waals surface area (Å²) in [5.41, 5.74) is 5.52. The van der Waals surface area contributed by atoms with Gasteiger partial charge in [0.05, 0.1) is 12.2 Å². The Bertz CT molecular complexity index is 358. The van der Waals surface area contributed by atoms with Gasteiger partial charge in [-0.3, -0.25) is 0 Å². The lowest BCUT2D eigenvalue weighted by Crippen LogP contribution is -2.19. The van der Waals surface area contributed by atoms with E-state index in [0.29, 0.717) is 5.92 Å². The van der Waals surface area contributed by atoms with E-state index in [1.165, 1.54) is 83.5 Å². The van der Waals surface area contributed by atoms with Crippen molar-refractivity contribution in [1.29, 1.82) is 0 Å². The first-order valence-corrected chi connectivity index (χ1v) is 13.8. The molecule has 4 N–H and O–H groups in total. The van der Waals surface area contributed by atoms with Crippen molar-refractivity contribution in [3.63, 3.8) is 0 Å². The minimum Gasteiger partial charge on any atom is -0.393 e. The number of hydrogen-bond acceptors (Lipinski definition) is 3. The van der Waals surface area contributed by atoms with Gasteiger partial charge in [-0.05, 0) is 70.3 Å². The van der Waals surface area contributed by atoms with Crippen molar-refractivity contribution in [3.8, 4) is 0 Å². The van der Waals surface area contributed by atoms with Crippen LogP contribution in [0.2, 0.25) is 0 Å². The predicted molar refractivity (Wildman–Crippen MR) is 137 cm³/mol. The Morgan fingerprint density at radius 2 is 1.00 bits per heavy atom. The Balaban J connectivity index is 3.68. The summed E-state index contributed by atoms with van der Waals surface area (Å²) in [6, 6.07) is 0. The van der Waals surface area contributed by atoms with Crippen LogP contribution in [0.25, 0.3) is 0 Å². The molecule has 0 saturated heterocycles. The largest absolute Gasteiger partial charge is 0.393 e. The van der Waals surface area contributed by atoms with Gasteiger partial charge in [0.1, 0.15) is 0 Å². The van der Waals surface area contributed by atoms with Crippen LogP contribution in [0.3, 0.4) is 0 Å². The summed E-state index contributed by atoms with van der Waals surface area (Å²) in [6.07, 6.45) is 28.0. The lowest BCUT2D eigenvalue weighted by molar-refractivity contribution is 0.0894. The molecule has 0 fully saturated rings. The van der Waals surface area contributed by atoms with Crippen LogP contribution in [-0.4, -0.2) is 29.0 Å². The summed E-state index contributed by atoms with van der Waals surface area (Å²) in [5.74, 6) is 0.478. The topological polar surface area (TPSA) is 66.5 Å². The molecule has 0 spiro atoms. The fourth-order valence-corrected chi connectivity index (χ4v) is 4.58. The minimum absolute atomic E-state index is 0.188. The number of aliphatic hydroxyl groups is 2. The van der Waals surface area contributed by atoms with Gasteiger partial charge < -0.3 is 15.9 Å². The van der Waals surface area contributed by atoms with Crippen molar-refractivity contribution in [2.45, 2.75) is 154 Å². The molecule has 2 unspecified atom stereocenters. The van der Waals surface area contributed by atoms with Crippen LogP contribution < -0.4 is 5.73 Å². The first-order valence-electron chi connectivity index (χ1n) is 13.8. The van der Waals surface area contributed by atoms with E-state index < -0.39 is 0 Å². The van der Waals surface area contributed by atoms with Crippen LogP contribution in [0.4, 0.5) is 0 Å². The second-order valence-electron chi connectivity index (χ2n) is 9.74. The molecule has 0 heterocycles. The summed E-state index contributed by atoms with van der Waals surface area (Å²) >= 11 is 0. The number of rotatable bonds is 24. The highest BCUT2D eigenvalue weighted by Gasteiger charge is 2.17. The standard InChI is InChI=1S/C28H57NO2/c1-3-20-27(30)24-26(25-28(31)21-4-2)22-18-16-14-12-10-8-6-5-7-9-11-13-15-17-19-23-29/h5-6,26-28,30-31H,3-4,7-25,29H2,1-2H3. The SMILES string of the molecule is CCCC(O)CC(CCCCCCCC=CCCCCCCCCN)CC(O)CCC. The van der Waals surface area contributed by atoms with Crippen molar-refractivity contribution >= 4 is 0 Å². The highest BCUT2D eigenvalue weighted by Crippen LogP contribution is 2.24. The van der Waals surface area contributed by atoms with Crippen molar-refractivity contribution in [3.05, 3.63) is 12.2 Å². The third-order valence-electron chi connectivity index (χ3n) is 6.43. The molecule has 31 heavy (non-hydrogen) atoms. The summed E-state index contributed by atoms with van der Waals surface area (Å²) in [6.45, 7) is 5.10. The van der Waals surface area contributed by atoms with Gasteiger partial charge in [-0.25, -0.2) is 0 Å². The van der Waals surface area contributed by atoms with Gasteiger partial charge in [0, 0.05) is 0 Å². The minimum atomic E-state index is -0.188. The van der Waals surface area contributed by atoms with Crippen LogP contribution >= 0.6 is 0 Å². The molecule has 0 radical (unpaired) electrons. The van der Waals surface area contributed by atoms with E-state index in [-0.39, 0.29) is 12.2 Å². The van der Waals surface area contributed by atoms with Crippen LogP contribution in [-0.2, 0) is 0 Å². The fourth-order valence-electron chi connectivity index (χ4n) is 4.58. The Morgan fingerprint density at radius 3 is 1.45 bits per heavy atom. The molecule has 3 heteroatoms. The van der Waals surface area contributed by atoms with Gasteiger partial charge in [-0.2, -0.15) is 0 Å². The lowest BCUT2D eigenvalue weighted by atomic mass is 9.87. The van der Waals surface area contributed by atoms with Crippen LogP contribution in [0.15, 0.2) is 12.2 Å². The fraction of sp³-hybridized carbons (Fsp3) is 0.929. The number of unbranched alkanes of at least 4 members (excludes halogenated alkanes) is 11. The molecule has 186 valence electrons. The normalized spacial score (nSPS) is 14.9. The third-order valence-corrected chi connectivity index (χ3v) is 6.43. The molecule has 3 nitrogen and oxygen atoms in total. The smallest absolute Gasteiger partial charge is 0.0542 e. The van der Waals surface area contributed by atoms with E-state index in [2.05, 4.69) is 26.0 Å². The van der Waals surface area contributed by atoms with Gasteiger partial charge in [-0.1, -0.05) is 96.6 Å². The van der Waals surface area contributed by atoms with Gasteiger partial charge >= 0.3 is 0 Å². The maximum atomic E-state index is 10.2. The zero-order valence-electron chi connectivity index (χ0n) is 21.2. The molecule has 0 saturated carbocycles. The third kappa shape index (κ3) is 22.6. The summed E-state index contributed by atoms with van der Waals surface area (Å²) < 4.78 is 0. The molecule has 0 aliphatic carbocycles. The lowest BCUT2D eigenvalue weighted by Gasteiger charge is -2.23. The van der Waals surface area contributed by atoms with E-state index in [9.17, 15) is 10.2 Å². The highest BCUT2D eigenvalue weighted by molar-refractivity contribution is 4.81. The average molecular weight is 440 g/mol. The second-order valence-corrected chi connectivity index (χ2v) is 9.74. The summed E-state index contributed by atoms with van der Waals surface area (Å²) in [5, 5.41) is 20.4. The Kier molecular flexibility index (Phi) is 24.0. The Hall–Kier alpha value is -0.380. The molecule has 0 aromatic carbocycles. The van der Waals surface area contributed by atoms with Crippen LogP contribution in [0.5, 0.6) is 0 Å². The van der Waals surface area contributed by atoms with E-state index in [1.807, 2.05) is 0 Å². The number of nitrogens with two attached hydrogens (primary N) is 1. The van der Waals surface area contributed by atoms with Gasteiger partial charge in [-0.15, -0.1) is 0 Å². The molecule has 0 rings (SSSR count). The molecule has 0 aliphatic rings. The number of aliphatic hydroxyl groups excluding tert-OH is 2. The van der Waals surface area contributed by atoms with Gasteiger partial charge in [0.2, 0.25) is 0 Å². The van der Waals surface area contributed by atoms with Gasteiger partial charge in [0.25, 0.3) is 0 Å². The Morgan fingerprint density at radius 1 is 0.581 bits per heavy atom. The summed E-state index contributed by atoms with van der Waals surface area (Å²) in [7, 11) is 0. The molecular weight excluding hydrogens is 382 g/mol. The molecule has 0 aromatic heterocycles. The molecule has 2 atom stereocenters. The molecule has 0 aromatic rings. The number of hydrogen-bond donors (Lipinski definition) is 3. The molecular formula is C28H57NO2. The van der Waals surface area contributed by atoms with Crippen molar-refractivity contribution in [2.75, 3.05) is 6.54 Å². The predicted octanol–water partition coefficient (Wildman–Crippen LogP) is 7.68. The van der Waals surface area contributed by atoms with Gasteiger partial charge in [0.15, 0.2) is 0 Å². The van der Waals surface area contributed by atoms with Crippen LogP contribution in [0.1, 0.15) is 142 Å². The molecule has 0 bridgehead atoms. The monoisotopic (exact) mass is 439 g/mol. The van der Waals surface area contributed by atoms with Crippen molar-refractivity contribution < 1.29 is 10.2 Å². The first-order chi connectivity index (χ1) is 15.1. The van der Waals surface area contributed by atoms with Crippen molar-refractivity contribution in [1.82, 2.24) is 0 Å². The number of allylic oxidation sites excluding steroid dienone is 2. The van der Waals surface area contributed by atoms with E-state index in [4.69, 9.17) is 5.73 Å².